The van der Waals surface area contributed by atoms with Crippen LogP contribution < -0.4 is 5.32 Å². The summed E-state index contributed by atoms with van der Waals surface area (Å²) < 4.78 is 39.8. The van der Waals surface area contributed by atoms with E-state index in [9.17, 15) is 27.9 Å². The summed E-state index contributed by atoms with van der Waals surface area (Å²) in [7, 11) is 0. The first-order chi connectivity index (χ1) is 14.7. The van der Waals surface area contributed by atoms with Gasteiger partial charge in [-0.15, -0.1) is 0 Å². The molecule has 3 N–H and O–H groups in total. The van der Waals surface area contributed by atoms with Gasteiger partial charge in [-0.05, 0) is 23.3 Å². The molecule has 1 amide bonds. The highest BCUT2D eigenvalue weighted by Gasteiger charge is 2.30. The lowest BCUT2D eigenvalue weighted by atomic mass is 9.97. The normalized spacial score (nSPS) is 11.7. The van der Waals surface area contributed by atoms with E-state index in [0.717, 1.165) is 23.0 Å². The van der Waals surface area contributed by atoms with E-state index in [1.54, 1.807) is 12.1 Å². The molecular weight excluding hydrogens is 417 g/mol. The van der Waals surface area contributed by atoms with Gasteiger partial charge in [0.2, 0.25) is 0 Å². The number of hydrogen-bond donors (Lipinski definition) is 3. The number of nitrogens with one attached hydrogen (secondary N) is 1. The Labute approximate surface area is 171 Å². The first-order valence-electron chi connectivity index (χ1n) is 8.83. The van der Waals surface area contributed by atoms with Crippen LogP contribution in [-0.4, -0.2) is 43.2 Å². The van der Waals surface area contributed by atoms with Gasteiger partial charge < -0.3 is 15.5 Å². The topological polar surface area (TPSA) is 117 Å². The highest BCUT2D eigenvalue weighted by Crippen LogP contribution is 2.38. The Morgan fingerprint density at radius 3 is 2.45 bits per heavy atom. The summed E-state index contributed by atoms with van der Waals surface area (Å²) in [6.45, 7) is -0.669. The fourth-order valence-electron chi connectivity index (χ4n) is 3.32. The van der Waals surface area contributed by atoms with Crippen molar-refractivity contribution in [2.75, 3.05) is 6.54 Å². The summed E-state index contributed by atoms with van der Waals surface area (Å²) in [5.74, 6) is -2.62. The van der Waals surface area contributed by atoms with Crippen LogP contribution in [0, 0.1) is 0 Å². The van der Waals surface area contributed by atoms with E-state index in [1.165, 1.54) is 18.2 Å². The lowest BCUT2D eigenvalue weighted by Gasteiger charge is -2.14. The van der Waals surface area contributed by atoms with Crippen molar-refractivity contribution in [2.45, 2.75) is 6.18 Å². The molecule has 0 aliphatic heterocycles. The summed E-state index contributed by atoms with van der Waals surface area (Å²) >= 11 is 0. The molecule has 0 atom stereocenters. The van der Waals surface area contributed by atoms with Crippen molar-refractivity contribution in [1.82, 2.24) is 19.9 Å². The van der Waals surface area contributed by atoms with Crippen LogP contribution in [0.3, 0.4) is 0 Å². The number of carbonyl (C=O) groups is 2. The largest absolute Gasteiger partial charge is 0.505 e. The molecule has 0 spiro atoms. The molecule has 31 heavy (non-hydrogen) atoms. The van der Waals surface area contributed by atoms with Gasteiger partial charge in [0, 0.05) is 10.8 Å². The van der Waals surface area contributed by atoms with Crippen LogP contribution in [0.25, 0.3) is 27.5 Å². The number of carboxylic acids is 1. The first kappa shape index (κ1) is 20.1. The van der Waals surface area contributed by atoms with Crippen LogP contribution in [0.1, 0.15) is 16.1 Å². The molecule has 2 aromatic heterocycles. The van der Waals surface area contributed by atoms with Gasteiger partial charge in [-0.3, -0.25) is 9.59 Å². The van der Waals surface area contributed by atoms with E-state index in [-0.39, 0.29) is 16.7 Å². The molecule has 4 aromatic rings. The zero-order chi connectivity index (χ0) is 22.3. The third-order valence-corrected chi connectivity index (χ3v) is 4.67. The van der Waals surface area contributed by atoms with Crippen LogP contribution in [0.2, 0.25) is 0 Å². The lowest BCUT2D eigenvalue weighted by molar-refractivity contribution is -0.137. The minimum absolute atomic E-state index is 0.170. The molecule has 158 valence electrons. The van der Waals surface area contributed by atoms with Crippen molar-refractivity contribution in [2.24, 2.45) is 0 Å². The second-order valence-electron chi connectivity index (χ2n) is 6.57. The van der Waals surface area contributed by atoms with Gasteiger partial charge in [0.1, 0.15) is 12.9 Å². The van der Waals surface area contributed by atoms with Crippen LogP contribution in [0.5, 0.6) is 5.75 Å². The average Bonchev–Trinajstić information content (AvgIpc) is 3.20. The minimum Gasteiger partial charge on any atom is -0.505 e. The molecule has 0 unspecified atom stereocenters. The van der Waals surface area contributed by atoms with Gasteiger partial charge >= 0.3 is 12.1 Å². The molecule has 2 aromatic carbocycles. The highest BCUT2D eigenvalue weighted by atomic mass is 19.4. The van der Waals surface area contributed by atoms with E-state index in [4.69, 9.17) is 5.11 Å². The van der Waals surface area contributed by atoms with Crippen LogP contribution in [0.4, 0.5) is 13.2 Å². The van der Waals surface area contributed by atoms with Crippen molar-refractivity contribution in [3.63, 3.8) is 0 Å². The summed E-state index contributed by atoms with van der Waals surface area (Å²) in [6.07, 6.45) is -3.33. The molecule has 2 heterocycles. The number of rotatable bonds is 4. The first-order valence-corrected chi connectivity index (χ1v) is 8.83. The van der Waals surface area contributed by atoms with Gasteiger partial charge in [0.25, 0.3) is 5.91 Å². The van der Waals surface area contributed by atoms with Gasteiger partial charge in [0.05, 0.1) is 5.56 Å². The molecule has 0 aliphatic rings. The zero-order valence-electron chi connectivity index (χ0n) is 15.5. The molecule has 0 radical (unpaired) electrons. The van der Waals surface area contributed by atoms with Gasteiger partial charge in [-0.2, -0.15) is 18.3 Å². The Balaban J connectivity index is 1.93. The van der Waals surface area contributed by atoms with Crippen molar-refractivity contribution in [3.8, 4) is 16.9 Å². The third kappa shape index (κ3) is 3.50. The summed E-state index contributed by atoms with van der Waals surface area (Å²) in [4.78, 5) is 27.4. The Morgan fingerprint density at radius 2 is 1.81 bits per heavy atom. The lowest BCUT2D eigenvalue weighted by Crippen LogP contribution is -2.31. The fourth-order valence-corrected chi connectivity index (χ4v) is 3.32. The van der Waals surface area contributed by atoms with Crippen LogP contribution in [-0.2, 0) is 11.0 Å². The van der Waals surface area contributed by atoms with Crippen LogP contribution in [0.15, 0.2) is 48.8 Å². The Hall–Kier alpha value is -4.15. The van der Waals surface area contributed by atoms with E-state index < -0.39 is 35.9 Å². The number of nitrogens with zero attached hydrogens (tertiary/aromatic N) is 3. The van der Waals surface area contributed by atoms with Crippen molar-refractivity contribution >= 4 is 28.3 Å². The van der Waals surface area contributed by atoms with Gasteiger partial charge in [-0.25, -0.2) is 9.50 Å². The second kappa shape index (κ2) is 7.27. The second-order valence-corrected chi connectivity index (χ2v) is 6.57. The molecule has 0 saturated heterocycles. The van der Waals surface area contributed by atoms with Crippen molar-refractivity contribution in [1.29, 1.82) is 0 Å². The predicted octanol–water partition coefficient (Wildman–Crippen LogP) is 3.09. The number of benzene rings is 2. The average molecular weight is 430 g/mol. The van der Waals surface area contributed by atoms with Gasteiger partial charge in [0.15, 0.2) is 17.1 Å². The maximum absolute atomic E-state index is 12.9. The molecule has 0 saturated carbocycles. The smallest absolute Gasteiger partial charge is 0.416 e. The van der Waals surface area contributed by atoms with E-state index >= 15 is 0 Å². The number of aromatic hydroxyl groups is 1. The number of hydrogen-bond acceptors (Lipinski definition) is 5. The molecular formula is C20H13F3N4O4. The van der Waals surface area contributed by atoms with E-state index in [0.29, 0.717) is 16.5 Å². The van der Waals surface area contributed by atoms with E-state index in [2.05, 4.69) is 15.4 Å². The fraction of sp³-hybridized carbons (Fsp3) is 0.100. The number of alkyl halides is 3. The molecule has 0 aliphatic carbocycles. The van der Waals surface area contributed by atoms with Gasteiger partial charge in [-0.1, -0.05) is 30.3 Å². The van der Waals surface area contributed by atoms with E-state index in [1.807, 2.05) is 0 Å². The van der Waals surface area contributed by atoms with Crippen molar-refractivity contribution in [3.05, 3.63) is 60.0 Å². The summed E-state index contributed by atoms with van der Waals surface area (Å²) in [5.41, 5.74) is -0.0399. The molecule has 8 nitrogen and oxygen atoms in total. The number of aliphatic carboxylic acids is 1. The third-order valence-electron chi connectivity index (χ3n) is 4.67. The number of pyridine rings is 1. The number of aromatic nitrogens is 3. The highest BCUT2D eigenvalue weighted by molar-refractivity contribution is 6.12. The SMILES string of the molecule is O=C(O)CNC(=O)c1c(O)c2cccc(-c3ccc(C(F)(F)F)cc3)c2c2ncnn12. The van der Waals surface area contributed by atoms with Crippen LogP contribution >= 0.6 is 0 Å². The Bertz CT molecular complexity index is 1330. The minimum atomic E-state index is -4.48. The maximum atomic E-state index is 12.9. The quantitative estimate of drug-likeness (QED) is 0.458. The standard InChI is InChI=1S/C20H13F3N4O4/c21-20(22,23)11-6-4-10(5-7-11)12-2-1-3-13-15(12)18-25-9-26-27(18)16(17(13)30)19(31)24-8-14(28)29/h1-7,9,30H,8H2,(H,24,31)(H,28,29). The Morgan fingerprint density at radius 1 is 1.10 bits per heavy atom. The van der Waals surface area contributed by atoms with Crippen molar-refractivity contribution < 1.29 is 33.0 Å². The molecule has 11 heteroatoms. The monoisotopic (exact) mass is 430 g/mol. The summed E-state index contributed by atoms with van der Waals surface area (Å²) in [6, 6.07) is 9.22. The number of amides is 1. The maximum Gasteiger partial charge on any atom is 0.416 e. The predicted molar refractivity (Wildman–Crippen MR) is 103 cm³/mol. The molecule has 0 bridgehead atoms. The molecule has 0 fully saturated rings. The molecule has 4 rings (SSSR count). The number of carbonyl (C=O) groups excluding carboxylic acids is 1. The number of fused-ring (bicyclic) bond motifs is 3. The Kier molecular flexibility index (Phi) is 4.72. The number of halogens is 3. The summed E-state index contributed by atoms with van der Waals surface area (Å²) in [5, 5.41) is 26.2. The number of carboxylic acid groups (broad SMARTS) is 1. The zero-order valence-corrected chi connectivity index (χ0v) is 15.5.